The number of nitrogens with zero attached hydrogens (tertiary/aromatic N) is 1. The van der Waals surface area contributed by atoms with Gasteiger partial charge in [0.25, 0.3) is 0 Å². The van der Waals surface area contributed by atoms with Crippen LogP contribution in [-0.4, -0.2) is 4.57 Å². The van der Waals surface area contributed by atoms with Crippen molar-refractivity contribution < 1.29 is 0 Å². The van der Waals surface area contributed by atoms with Crippen LogP contribution in [0.2, 0.25) is 0 Å². The third kappa shape index (κ3) is 2.79. The Labute approximate surface area is 130 Å². The molecule has 2 nitrogen and oxygen atoms in total. The summed E-state index contributed by atoms with van der Waals surface area (Å²) in [6.07, 6.45) is 7.67. The first kappa shape index (κ1) is 15.1. The van der Waals surface area contributed by atoms with E-state index in [1.165, 1.54) is 43.4 Å². The smallest absolute Gasteiger partial charge is 0.0341 e. The summed E-state index contributed by atoms with van der Waals surface area (Å²) in [4.78, 5) is 0. The van der Waals surface area contributed by atoms with E-state index in [1.807, 2.05) is 0 Å². The Hall–Kier alpha value is -0.760. The molecule has 3 rings (SSSR count). The van der Waals surface area contributed by atoms with Gasteiger partial charge in [0, 0.05) is 23.5 Å². The van der Waals surface area contributed by atoms with E-state index in [-0.39, 0.29) is 6.04 Å². The third-order valence-corrected chi connectivity index (χ3v) is 5.73. The molecule has 2 aliphatic carbocycles. The highest BCUT2D eigenvalue weighted by atomic mass is 15.0. The normalized spacial score (nSPS) is 31.0. The predicted molar refractivity (Wildman–Crippen MR) is 89.5 cm³/mol. The SMILES string of the molecule is Cc1cc2c(n1C1CCCC(C)(C)C1)CC(C)(C)CC2N. The molecule has 1 aromatic heterocycles. The zero-order chi connectivity index (χ0) is 15.4. The number of rotatable bonds is 1. The van der Waals surface area contributed by atoms with Gasteiger partial charge in [-0.3, -0.25) is 0 Å². The van der Waals surface area contributed by atoms with Crippen molar-refractivity contribution >= 4 is 0 Å². The molecule has 0 bridgehead atoms. The van der Waals surface area contributed by atoms with Crippen molar-refractivity contribution in [1.82, 2.24) is 4.57 Å². The molecule has 0 radical (unpaired) electrons. The lowest BCUT2D eigenvalue weighted by Gasteiger charge is -2.40. The molecule has 0 amide bonds. The van der Waals surface area contributed by atoms with Gasteiger partial charge in [0.2, 0.25) is 0 Å². The van der Waals surface area contributed by atoms with Gasteiger partial charge in [-0.15, -0.1) is 0 Å². The Balaban J connectivity index is 2.00. The maximum Gasteiger partial charge on any atom is 0.0341 e. The Morgan fingerprint density at radius 1 is 1.14 bits per heavy atom. The summed E-state index contributed by atoms with van der Waals surface area (Å²) < 4.78 is 2.66. The van der Waals surface area contributed by atoms with Crippen LogP contribution in [0.3, 0.4) is 0 Å². The van der Waals surface area contributed by atoms with E-state index in [0.29, 0.717) is 16.9 Å². The average Bonchev–Trinajstić information content (AvgIpc) is 2.63. The van der Waals surface area contributed by atoms with Crippen LogP contribution in [0, 0.1) is 17.8 Å². The van der Waals surface area contributed by atoms with Gasteiger partial charge >= 0.3 is 0 Å². The largest absolute Gasteiger partial charge is 0.346 e. The van der Waals surface area contributed by atoms with Gasteiger partial charge in [0.05, 0.1) is 0 Å². The van der Waals surface area contributed by atoms with Crippen LogP contribution in [0.1, 0.15) is 88.8 Å². The van der Waals surface area contributed by atoms with E-state index >= 15 is 0 Å². The topological polar surface area (TPSA) is 30.9 Å². The van der Waals surface area contributed by atoms with Crippen LogP contribution < -0.4 is 5.73 Å². The fourth-order valence-corrected chi connectivity index (χ4v) is 4.86. The fourth-order valence-electron chi connectivity index (χ4n) is 4.86. The third-order valence-electron chi connectivity index (χ3n) is 5.73. The van der Waals surface area contributed by atoms with Gasteiger partial charge in [0.1, 0.15) is 0 Å². The van der Waals surface area contributed by atoms with E-state index in [9.17, 15) is 0 Å². The quantitative estimate of drug-likeness (QED) is 0.782. The van der Waals surface area contributed by atoms with Crippen LogP contribution in [0.15, 0.2) is 6.07 Å². The second-order valence-electron chi connectivity index (χ2n) is 9.12. The van der Waals surface area contributed by atoms with Gasteiger partial charge in [-0.05, 0) is 61.5 Å². The number of hydrogen-bond donors (Lipinski definition) is 1. The van der Waals surface area contributed by atoms with Crippen molar-refractivity contribution in [3.8, 4) is 0 Å². The van der Waals surface area contributed by atoms with Crippen LogP contribution in [0.5, 0.6) is 0 Å². The van der Waals surface area contributed by atoms with Crippen molar-refractivity contribution in [1.29, 1.82) is 0 Å². The molecule has 0 aliphatic heterocycles. The molecule has 0 spiro atoms. The van der Waals surface area contributed by atoms with E-state index in [4.69, 9.17) is 5.73 Å². The second kappa shape index (κ2) is 4.87. The highest BCUT2D eigenvalue weighted by molar-refractivity contribution is 5.34. The molecule has 2 heteroatoms. The van der Waals surface area contributed by atoms with E-state index < -0.39 is 0 Å². The zero-order valence-electron chi connectivity index (χ0n) is 14.5. The predicted octanol–water partition coefficient (Wildman–Crippen LogP) is 4.91. The minimum atomic E-state index is 0.223. The highest BCUT2D eigenvalue weighted by Gasteiger charge is 2.36. The maximum atomic E-state index is 6.47. The second-order valence-corrected chi connectivity index (χ2v) is 9.12. The molecule has 0 aromatic carbocycles. The van der Waals surface area contributed by atoms with Gasteiger partial charge in [-0.1, -0.05) is 34.1 Å². The lowest BCUT2D eigenvalue weighted by molar-refractivity contribution is 0.175. The molecular weight excluding hydrogens is 256 g/mol. The van der Waals surface area contributed by atoms with Gasteiger partial charge in [0.15, 0.2) is 0 Å². The lowest BCUT2D eigenvalue weighted by Crippen LogP contribution is -2.32. The Morgan fingerprint density at radius 2 is 1.86 bits per heavy atom. The van der Waals surface area contributed by atoms with E-state index in [2.05, 4.69) is 45.3 Å². The first-order valence-corrected chi connectivity index (χ1v) is 8.65. The van der Waals surface area contributed by atoms with Crippen molar-refractivity contribution in [3.05, 3.63) is 23.0 Å². The molecule has 1 aromatic rings. The molecular formula is C19H32N2. The molecule has 2 unspecified atom stereocenters. The Morgan fingerprint density at radius 3 is 2.52 bits per heavy atom. The van der Waals surface area contributed by atoms with Crippen LogP contribution in [0.4, 0.5) is 0 Å². The minimum Gasteiger partial charge on any atom is -0.346 e. The van der Waals surface area contributed by atoms with Crippen molar-refractivity contribution in [2.24, 2.45) is 16.6 Å². The molecule has 2 N–H and O–H groups in total. The van der Waals surface area contributed by atoms with E-state index in [0.717, 1.165) is 6.42 Å². The number of aromatic nitrogens is 1. The summed E-state index contributed by atoms with van der Waals surface area (Å²) >= 11 is 0. The summed E-state index contributed by atoms with van der Waals surface area (Å²) in [6, 6.07) is 3.27. The molecule has 2 aliphatic rings. The molecule has 21 heavy (non-hydrogen) atoms. The molecule has 0 saturated heterocycles. The minimum absolute atomic E-state index is 0.223. The van der Waals surface area contributed by atoms with Crippen molar-refractivity contribution in [2.45, 2.75) is 85.2 Å². The van der Waals surface area contributed by atoms with Crippen molar-refractivity contribution in [3.63, 3.8) is 0 Å². The number of nitrogens with two attached hydrogens (primary N) is 1. The van der Waals surface area contributed by atoms with Crippen LogP contribution >= 0.6 is 0 Å². The van der Waals surface area contributed by atoms with Gasteiger partial charge in [-0.2, -0.15) is 0 Å². The van der Waals surface area contributed by atoms with E-state index in [1.54, 1.807) is 5.69 Å². The highest BCUT2D eigenvalue weighted by Crippen LogP contribution is 2.46. The standard InChI is InChI=1S/C19H32N2/c1-13-9-15-16(20)11-19(4,5)12-17(15)21(13)14-7-6-8-18(2,3)10-14/h9,14,16H,6-8,10-12,20H2,1-5H3. The van der Waals surface area contributed by atoms with Crippen molar-refractivity contribution in [2.75, 3.05) is 0 Å². The van der Waals surface area contributed by atoms with Crippen LogP contribution in [0.25, 0.3) is 0 Å². The summed E-state index contributed by atoms with van der Waals surface area (Å²) in [6.45, 7) is 11.9. The average molecular weight is 288 g/mol. The number of hydrogen-bond acceptors (Lipinski definition) is 1. The fraction of sp³-hybridized carbons (Fsp3) is 0.789. The first-order chi connectivity index (χ1) is 9.69. The summed E-state index contributed by atoms with van der Waals surface area (Å²) in [5.74, 6) is 0. The maximum absolute atomic E-state index is 6.47. The Kier molecular flexibility index (Phi) is 3.52. The Bertz CT molecular complexity index is 536. The van der Waals surface area contributed by atoms with Crippen LogP contribution in [-0.2, 0) is 6.42 Å². The lowest BCUT2D eigenvalue weighted by atomic mass is 9.73. The molecule has 118 valence electrons. The van der Waals surface area contributed by atoms with Gasteiger partial charge < -0.3 is 10.3 Å². The first-order valence-electron chi connectivity index (χ1n) is 8.65. The summed E-state index contributed by atoms with van der Waals surface area (Å²) in [5.41, 5.74) is 11.7. The molecule has 2 atom stereocenters. The monoisotopic (exact) mass is 288 g/mol. The number of fused-ring (bicyclic) bond motifs is 1. The number of aryl methyl sites for hydroxylation is 1. The molecule has 1 saturated carbocycles. The summed E-state index contributed by atoms with van der Waals surface area (Å²) in [7, 11) is 0. The zero-order valence-corrected chi connectivity index (χ0v) is 14.5. The molecule has 1 heterocycles. The molecule has 1 fully saturated rings. The summed E-state index contributed by atoms with van der Waals surface area (Å²) in [5, 5.41) is 0. The van der Waals surface area contributed by atoms with Gasteiger partial charge in [-0.25, -0.2) is 0 Å².